The van der Waals surface area contributed by atoms with Gasteiger partial charge in [-0.1, -0.05) is 13.8 Å². The monoisotopic (exact) mass is 362 g/mol. The van der Waals surface area contributed by atoms with Crippen LogP contribution in [0.15, 0.2) is 33.1 Å². The molecule has 2 aromatic rings. The highest BCUT2D eigenvalue weighted by Crippen LogP contribution is 2.12. The van der Waals surface area contributed by atoms with Crippen LogP contribution in [0.1, 0.15) is 62.6 Å². The van der Waals surface area contributed by atoms with Crippen LogP contribution in [0.4, 0.5) is 0 Å². The molecule has 0 fully saturated rings. The number of rotatable bonds is 11. The van der Waals surface area contributed by atoms with Gasteiger partial charge in [0.2, 0.25) is 0 Å². The van der Waals surface area contributed by atoms with E-state index >= 15 is 0 Å². The van der Waals surface area contributed by atoms with E-state index in [0.717, 1.165) is 24.4 Å². The van der Waals surface area contributed by atoms with Crippen molar-refractivity contribution in [2.75, 3.05) is 0 Å². The van der Waals surface area contributed by atoms with Gasteiger partial charge in [0.15, 0.2) is 0 Å². The Bertz CT molecular complexity index is 636. The molecule has 0 N–H and O–H groups in total. The van der Waals surface area contributed by atoms with E-state index in [1.165, 1.54) is 0 Å². The van der Waals surface area contributed by atoms with Crippen molar-refractivity contribution in [3.63, 3.8) is 0 Å². The second-order valence-corrected chi connectivity index (χ2v) is 5.97. The van der Waals surface area contributed by atoms with Crippen molar-refractivity contribution in [2.24, 2.45) is 0 Å². The van der Waals surface area contributed by atoms with E-state index in [1.54, 1.807) is 0 Å². The molecule has 0 spiro atoms. The van der Waals surface area contributed by atoms with E-state index in [2.05, 4.69) is 0 Å². The van der Waals surface area contributed by atoms with E-state index in [9.17, 15) is 9.59 Å². The molecule has 2 aromatic heterocycles. The van der Waals surface area contributed by atoms with E-state index in [1.807, 2.05) is 38.1 Å². The van der Waals surface area contributed by atoms with Gasteiger partial charge in [-0.25, -0.2) is 0 Å². The third-order valence-electron chi connectivity index (χ3n) is 3.89. The van der Waals surface area contributed by atoms with Crippen LogP contribution < -0.4 is 0 Å². The third-order valence-corrected chi connectivity index (χ3v) is 3.89. The summed E-state index contributed by atoms with van der Waals surface area (Å²) in [6.07, 6.45) is 3.31. The summed E-state index contributed by atoms with van der Waals surface area (Å²) in [5, 5.41) is 0. The first-order chi connectivity index (χ1) is 12.6. The Morgan fingerprint density at radius 3 is 1.46 bits per heavy atom. The molecule has 0 aliphatic carbocycles. The van der Waals surface area contributed by atoms with Gasteiger partial charge in [0.1, 0.15) is 36.3 Å². The molecule has 6 nitrogen and oxygen atoms in total. The zero-order valence-electron chi connectivity index (χ0n) is 15.4. The first-order valence-corrected chi connectivity index (χ1v) is 9.07. The second kappa shape index (κ2) is 10.5. The minimum atomic E-state index is -0.296. The Morgan fingerprint density at radius 2 is 1.12 bits per heavy atom. The number of hydrogen-bond acceptors (Lipinski definition) is 6. The SMILES string of the molecule is CCc1ccc(COC(=O)CCCCC(=O)OCc2ccc(CC)o2)o1. The van der Waals surface area contributed by atoms with Crippen molar-refractivity contribution < 1.29 is 27.9 Å². The van der Waals surface area contributed by atoms with Crippen LogP contribution in [-0.2, 0) is 45.1 Å². The van der Waals surface area contributed by atoms with Gasteiger partial charge in [-0.3, -0.25) is 9.59 Å². The number of ether oxygens (including phenoxy) is 2. The van der Waals surface area contributed by atoms with Gasteiger partial charge in [-0.05, 0) is 37.1 Å². The molecule has 142 valence electrons. The number of aryl methyl sites for hydroxylation is 2. The Labute approximate surface area is 153 Å². The molecular formula is C20H26O6. The number of furan rings is 2. The summed E-state index contributed by atoms with van der Waals surface area (Å²) in [5.74, 6) is 2.43. The van der Waals surface area contributed by atoms with Crippen LogP contribution in [0.2, 0.25) is 0 Å². The lowest BCUT2D eigenvalue weighted by atomic mass is 10.2. The molecule has 0 atom stereocenters. The zero-order valence-corrected chi connectivity index (χ0v) is 15.4. The molecule has 0 bridgehead atoms. The van der Waals surface area contributed by atoms with Gasteiger partial charge in [0.05, 0.1) is 0 Å². The smallest absolute Gasteiger partial charge is 0.306 e. The summed E-state index contributed by atoms with van der Waals surface area (Å²) < 4.78 is 21.2. The molecule has 0 aromatic carbocycles. The highest BCUT2D eigenvalue weighted by molar-refractivity contribution is 5.70. The van der Waals surface area contributed by atoms with Gasteiger partial charge in [0, 0.05) is 25.7 Å². The van der Waals surface area contributed by atoms with Crippen molar-refractivity contribution >= 4 is 11.9 Å². The van der Waals surface area contributed by atoms with Crippen LogP contribution in [0.5, 0.6) is 0 Å². The summed E-state index contributed by atoms with van der Waals surface area (Å²) in [6, 6.07) is 7.37. The molecule has 0 aliphatic heterocycles. The predicted molar refractivity (Wildman–Crippen MR) is 94.2 cm³/mol. The highest BCUT2D eigenvalue weighted by Gasteiger charge is 2.09. The number of esters is 2. The molecule has 26 heavy (non-hydrogen) atoms. The average Bonchev–Trinajstić information content (AvgIpc) is 3.30. The summed E-state index contributed by atoms with van der Waals surface area (Å²) in [7, 11) is 0. The van der Waals surface area contributed by atoms with E-state index in [4.69, 9.17) is 18.3 Å². The number of carbonyl (C=O) groups is 2. The molecule has 0 unspecified atom stereocenters. The van der Waals surface area contributed by atoms with E-state index < -0.39 is 0 Å². The molecule has 6 heteroatoms. The maximum absolute atomic E-state index is 11.7. The summed E-state index contributed by atoms with van der Waals surface area (Å²) in [4.78, 5) is 23.4. The summed E-state index contributed by atoms with van der Waals surface area (Å²) in [5.41, 5.74) is 0. The normalized spacial score (nSPS) is 10.7. The van der Waals surface area contributed by atoms with Gasteiger partial charge < -0.3 is 18.3 Å². The summed E-state index contributed by atoms with van der Waals surface area (Å²) >= 11 is 0. The van der Waals surface area contributed by atoms with Crippen molar-refractivity contribution in [3.05, 3.63) is 47.3 Å². The van der Waals surface area contributed by atoms with E-state index in [0.29, 0.717) is 24.4 Å². The zero-order chi connectivity index (χ0) is 18.8. The van der Waals surface area contributed by atoms with Crippen molar-refractivity contribution in [2.45, 2.75) is 65.6 Å². The van der Waals surface area contributed by atoms with Crippen LogP contribution in [0.3, 0.4) is 0 Å². The molecule has 2 rings (SSSR count). The molecule has 0 aliphatic rings. The number of unbranched alkanes of at least 4 members (excludes halogenated alkanes) is 1. The highest BCUT2D eigenvalue weighted by atomic mass is 16.5. The molecule has 0 saturated heterocycles. The fraction of sp³-hybridized carbons (Fsp3) is 0.500. The average molecular weight is 362 g/mol. The van der Waals surface area contributed by atoms with Gasteiger partial charge >= 0.3 is 11.9 Å². The molecule has 0 radical (unpaired) electrons. The maximum atomic E-state index is 11.7. The lowest BCUT2D eigenvalue weighted by Gasteiger charge is -2.04. The number of carbonyl (C=O) groups excluding carboxylic acids is 2. The first kappa shape index (κ1) is 19.8. The van der Waals surface area contributed by atoms with Crippen molar-refractivity contribution in [3.8, 4) is 0 Å². The minimum absolute atomic E-state index is 0.143. The van der Waals surface area contributed by atoms with Gasteiger partial charge in [0.25, 0.3) is 0 Å². The maximum Gasteiger partial charge on any atom is 0.306 e. The minimum Gasteiger partial charge on any atom is -0.462 e. The molecule has 2 heterocycles. The quantitative estimate of drug-likeness (QED) is 0.437. The van der Waals surface area contributed by atoms with Gasteiger partial charge in [-0.15, -0.1) is 0 Å². The van der Waals surface area contributed by atoms with Crippen LogP contribution >= 0.6 is 0 Å². The molecule has 0 amide bonds. The standard InChI is InChI=1S/C20H26O6/c1-3-15-9-11-17(25-15)13-23-19(21)7-5-6-8-20(22)24-14-18-12-10-16(4-2)26-18/h9-12H,3-8,13-14H2,1-2H3. The summed E-state index contributed by atoms with van der Waals surface area (Å²) in [6.45, 7) is 4.28. The Kier molecular flexibility index (Phi) is 7.99. The van der Waals surface area contributed by atoms with E-state index in [-0.39, 0.29) is 38.0 Å². The largest absolute Gasteiger partial charge is 0.462 e. The molecule has 0 saturated carbocycles. The molecular weight excluding hydrogens is 336 g/mol. The lowest BCUT2D eigenvalue weighted by Crippen LogP contribution is -2.06. The Balaban J connectivity index is 1.53. The van der Waals surface area contributed by atoms with Crippen molar-refractivity contribution in [1.29, 1.82) is 0 Å². The fourth-order valence-corrected chi connectivity index (χ4v) is 2.37. The second-order valence-electron chi connectivity index (χ2n) is 5.97. The van der Waals surface area contributed by atoms with Crippen molar-refractivity contribution in [1.82, 2.24) is 0 Å². The van der Waals surface area contributed by atoms with Crippen LogP contribution in [0.25, 0.3) is 0 Å². The fourth-order valence-electron chi connectivity index (χ4n) is 2.37. The van der Waals surface area contributed by atoms with Crippen LogP contribution in [-0.4, -0.2) is 11.9 Å². The number of hydrogen-bond donors (Lipinski definition) is 0. The van der Waals surface area contributed by atoms with Crippen LogP contribution in [0, 0.1) is 0 Å². The third kappa shape index (κ3) is 6.78. The Hall–Kier alpha value is -2.50. The van der Waals surface area contributed by atoms with Gasteiger partial charge in [-0.2, -0.15) is 0 Å². The lowest BCUT2D eigenvalue weighted by molar-refractivity contribution is -0.147. The Morgan fingerprint density at radius 1 is 0.731 bits per heavy atom. The first-order valence-electron chi connectivity index (χ1n) is 9.07. The topological polar surface area (TPSA) is 78.9 Å². The predicted octanol–water partition coefficient (Wildman–Crippen LogP) is 4.34.